The molecule has 106 valence electrons. The molecule has 1 saturated carbocycles. The number of benzene rings is 1. The predicted octanol–water partition coefficient (Wildman–Crippen LogP) is 3.12. The Bertz CT molecular complexity index is 558. The Morgan fingerprint density at radius 1 is 1.35 bits per heavy atom. The SMILES string of the molecule is COc1cccc(-c2cnc(CNC3CCCC3)[nH]2)c1. The summed E-state index contributed by atoms with van der Waals surface area (Å²) >= 11 is 0. The van der Waals surface area contributed by atoms with Gasteiger partial charge in [-0.05, 0) is 25.0 Å². The number of hydrogen-bond acceptors (Lipinski definition) is 3. The molecule has 1 aliphatic rings. The zero-order valence-electron chi connectivity index (χ0n) is 11.9. The van der Waals surface area contributed by atoms with Gasteiger partial charge in [0.1, 0.15) is 11.6 Å². The molecule has 1 fully saturated rings. The number of hydrogen-bond donors (Lipinski definition) is 2. The van der Waals surface area contributed by atoms with Crippen LogP contribution >= 0.6 is 0 Å². The number of methoxy groups -OCH3 is 1. The van der Waals surface area contributed by atoms with Crippen LogP contribution in [-0.2, 0) is 6.54 Å². The minimum Gasteiger partial charge on any atom is -0.497 e. The topological polar surface area (TPSA) is 49.9 Å². The van der Waals surface area contributed by atoms with Gasteiger partial charge in [-0.2, -0.15) is 0 Å². The molecule has 0 bridgehead atoms. The minimum absolute atomic E-state index is 0.667. The first-order valence-electron chi connectivity index (χ1n) is 7.27. The number of ether oxygens (including phenoxy) is 1. The fraction of sp³-hybridized carbons (Fsp3) is 0.438. The number of imidazole rings is 1. The highest BCUT2D eigenvalue weighted by Gasteiger charge is 2.14. The summed E-state index contributed by atoms with van der Waals surface area (Å²) in [7, 11) is 1.68. The zero-order valence-corrected chi connectivity index (χ0v) is 11.9. The molecule has 0 unspecified atom stereocenters. The lowest BCUT2D eigenvalue weighted by atomic mass is 10.1. The Balaban J connectivity index is 1.66. The lowest BCUT2D eigenvalue weighted by Gasteiger charge is -2.09. The van der Waals surface area contributed by atoms with E-state index in [4.69, 9.17) is 4.74 Å². The third-order valence-corrected chi connectivity index (χ3v) is 3.92. The van der Waals surface area contributed by atoms with Crippen LogP contribution in [0.3, 0.4) is 0 Å². The average molecular weight is 271 g/mol. The van der Waals surface area contributed by atoms with Crippen molar-refractivity contribution in [1.82, 2.24) is 15.3 Å². The van der Waals surface area contributed by atoms with Crippen LogP contribution in [0.15, 0.2) is 30.5 Å². The molecule has 2 N–H and O–H groups in total. The van der Waals surface area contributed by atoms with E-state index in [9.17, 15) is 0 Å². The van der Waals surface area contributed by atoms with Gasteiger partial charge in [-0.3, -0.25) is 0 Å². The van der Waals surface area contributed by atoms with E-state index >= 15 is 0 Å². The molecule has 0 atom stereocenters. The molecule has 0 saturated heterocycles. The summed E-state index contributed by atoms with van der Waals surface area (Å²) in [4.78, 5) is 7.83. The normalized spacial score (nSPS) is 15.7. The predicted molar refractivity (Wildman–Crippen MR) is 79.7 cm³/mol. The maximum Gasteiger partial charge on any atom is 0.120 e. The van der Waals surface area contributed by atoms with Gasteiger partial charge in [-0.15, -0.1) is 0 Å². The van der Waals surface area contributed by atoms with E-state index in [1.54, 1.807) is 7.11 Å². The summed E-state index contributed by atoms with van der Waals surface area (Å²) in [6.45, 7) is 0.814. The summed E-state index contributed by atoms with van der Waals surface area (Å²) in [5.74, 6) is 1.86. The van der Waals surface area contributed by atoms with Gasteiger partial charge in [-0.25, -0.2) is 4.98 Å². The van der Waals surface area contributed by atoms with Crippen LogP contribution in [0, 0.1) is 0 Å². The highest BCUT2D eigenvalue weighted by Crippen LogP contribution is 2.22. The Hall–Kier alpha value is -1.81. The van der Waals surface area contributed by atoms with Crippen molar-refractivity contribution in [1.29, 1.82) is 0 Å². The van der Waals surface area contributed by atoms with Gasteiger partial charge in [0.15, 0.2) is 0 Å². The second kappa shape index (κ2) is 6.09. The lowest BCUT2D eigenvalue weighted by Crippen LogP contribution is -2.25. The van der Waals surface area contributed by atoms with Gasteiger partial charge >= 0.3 is 0 Å². The molecular weight excluding hydrogens is 250 g/mol. The second-order valence-corrected chi connectivity index (χ2v) is 5.34. The van der Waals surface area contributed by atoms with Crippen molar-refractivity contribution in [3.8, 4) is 17.0 Å². The van der Waals surface area contributed by atoms with Gasteiger partial charge in [-0.1, -0.05) is 25.0 Å². The van der Waals surface area contributed by atoms with Crippen LogP contribution in [0.2, 0.25) is 0 Å². The first-order chi connectivity index (χ1) is 9.85. The molecule has 0 amide bonds. The molecule has 1 aromatic carbocycles. The fourth-order valence-electron chi connectivity index (χ4n) is 2.76. The van der Waals surface area contributed by atoms with Gasteiger partial charge in [0.25, 0.3) is 0 Å². The van der Waals surface area contributed by atoms with Gasteiger partial charge in [0, 0.05) is 11.6 Å². The van der Waals surface area contributed by atoms with Crippen molar-refractivity contribution in [2.24, 2.45) is 0 Å². The monoisotopic (exact) mass is 271 g/mol. The third kappa shape index (κ3) is 3.02. The van der Waals surface area contributed by atoms with Gasteiger partial charge < -0.3 is 15.0 Å². The molecule has 0 spiro atoms. The van der Waals surface area contributed by atoms with E-state index < -0.39 is 0 Å². The van der Waals surface area contributed by atoms with Crippen LogP contribution in [-0.4, -0.2) is 23.1 Å². The summed E-state index contributed by atoms with van der Waals surface area (Å²) in [5.41, 5.74) is 2.14. The third-order valence-electron chi connectivity index (χ3n) is 3.92. The average Bonchev–Trinajstić information content (AvgIpc) is 3.16. The molecular formula is C16H21N3O. The summed E-state index contributed by atoms with van der Waals surface area (Å²) < 4.78 is 5.25. The lowest BCUT2D eigenvalue weighted by molar-refractivity contribution is 0.415. The number of nitrogens with one attached hydrogen (secondary N) is 2. The van der Waals surface area contributed by atoms with E-state index in [0.29, 0.717) is 6.04 Å². The van der Waals surface area contributed by atoms with Crippen LogP contribution < -0.4 is 10.1 Å². The number of H-pyrrole nitrogens is 1. The highest BCUT2D eigenvalue weighted by molar-refractivity contribution is 5.60. The number of nitrogens with zero attached hydrogens (tertiary/aromatic N) is 1. The molecule has 3 rings (SSSR count). The van der Waals surface area contributed by atoms with E-state index in [0.717, 1.165) is 29.4 Å². The summed E-state index contributed by atoms with van der Waals surface area (Å²) in [6, 6.07) is 8.68. The first-order valence-corrected chi connectivity index (χ1v) is 7.27. The fourth-order valence-corrected chi connectivity index (χ4v) is 2.76. The van der Waals surface area contributed by atoms with E-state index in [-0.39, 0.29) is 0 Å². The first kappa shape index (κ1) is 13.2. The number of aromatic nitrogens is 2. The van der Waals surface area contributed by atoms with Crippen LogP contribution in [0.5, 0.6) is 5.75 Å². The van der Waals surface area contributed by atoms with E-state index in [1.165, 1.54) is 25.7 Å². The van der Waals surface area contributed by atoms with Crippen molar-refractivity contribution < 1.29 is 4.74 Å². The van der Waals surface area contributed by atoms with Crippen LogP contribution in [0.25, 0.3) is 11.3 Å². The molecule has 0 aliphatic heterocycles. The van der Waals surface area contributed by atoms with Crippen molar-refractivity contribution in [2.75, 3.05) is 7.11 Å². The molecule has 20 heavy (non-hydrogen) atoms. The Kier molecular flexibility index (Phi) is 4.02. The Labute approximate surface area is 119 Å². The molecule has 1 aromatic heterocycles. The summed E-state index contributed by atoms with van der Waals surface area (Å²) in [6.07, 6.45) is 7.18. The molecule has 0 radical (unpaired) electrons. The van der Waals surface area contributed by atoms with Crippen molar-refractivity contribution in [3.05, 3.63) is 36.3 Å². The van der Waals surface area contributed by atoms with Gasteiger partial charge in [0.2, 0.25) is 0 Å². The minimum atomic E-state index is 0.667. The molecule has 2 aromatic rings. The standard InChI is InChI=1S/C16H21N3O/c1-20-14-8-4-5-12(9-14)15-10-18-16(19-15)11-17-13-6-2-3-7-13/h4-5,8-10,13,17H,2-3,6-7,11H2,1H3,(H,18,19). The maximum absolute atomic E-state index is 5.25. The highest BCUT2D eigenvalue weighted by atomic mass is 16.5. The van der Waals surface area contributed by atoms with Crippen LogP contribution in [0.1, 0.15) is 31.5 Å². The van der Waals surface area contributed by atoms with Crippen molar-refractivity contribution in [2.45, 2.75) is 38.3 Å². The van der Waals surface area contributed by atoms with E-state index in [1.807, 2.05) is 24.4 Å². The Morgan fingerprint density at radius 3 is 3.00 bits per heavy atom. The van der Waals surface area contributed by atoms with Crippen molar-refractivity contribution >= 4 is 0 Å². The van der Waals surface area contributed by atoms with E-state index in [2.05, 4.69) is 21.4 Å². The molecule has 1 aliphatic carbocycles. The molecule has 1 heterocycles. The second-order valence-electron chi connectivity index (χ2n) is 5.34. The summed E-state index contributed by atoms with van der Waals surface area (Å²) in [5, 5.41) is 3.57. The zero-order chi connectivity index (χ0) is 13.8. The number of aromatic amines is 1. The maximum atomic E-state index is 5.25. The van der Waals surface area contributed by atoms with Crippen LogP contribution in [0.4, 0.5) is 0 Å². The van der Waals surface area contributed by atoms with Gasteiger partial charge in [0.05, 0.1) is 25.5 Å². The molecule has 4 heteroatoms. The van der Waals surface area contributed by atoms with Crippen molar-refractivity contribution in [3.63, 3.8) is 0 Å². The Morgan fingerprint density at radius 2 is 2.20 bits per heavy atom. The number of rotatable bonds is 5. The largest absolute Gasteiger partial charge is 0.497 e. The molecule has 4 nitrogen and oxygen atoms in total. The smallest absolute Gasteiger partial charge is 0.120 e. The quantitative estimate of drug-likeness (QED) is 0.878.